The fourth-order valence-corrected chi connectivity index (χ4v) is 11.1. The van der Waals surface area contributed by atoms with Gasteiger partial charge >= 0.3 is 5.97 Å². The van der Waals surface area contributed by atoms with Crippen molar-refractivity contribution >= 4 is 53.2 Å². The number of nitrogens with one attached hydrogen (secondary N) is 3. The quantitative estimate of drug-likeness (QED) is 0.150. The van der Waals surface area contributed by atoms with Crippen LogP contribution in [-0.4, -0.2) is 178 Å². The molecular weight excluding hydrogens is 973 g/mol. The molecular formula is C57H102N8O11. The van der Waals surface area contributed by atoms with E-state index in [1.807, 2.05) is 34.6 Å². The molecule has 0 aromatic heterocycles. The van der Waals surface area contributed by atoms with Gasteiger partial charge in [-0.15, -0.1) is 0 Å². The molecule has 0 aliphatic carbocycles. The van der Waals surface area contributed by atoms with Gasteiger partial charge in [0.1, 0.15) is 36.3 Å². The predicted molar refractivity (Wildman–Crippen MR) is 294 cm³/mol. The van der Waals surface area contributed by atoms with Crippen LogP contribution in [0.25, 0.3) is 0 Å². The number of fused-ring (bicyclic) bond motifs is 1. The molecule has 13 atom stereocenters. The Labute approximate surface area is 456 Å². The van der Waals surface area contributed by atoms with E-state index in [2.05, 4.69) is 36.7 Å². The summed E-state index contributed by atoms with van der Waals surface area (Å²) >= 11 is 0. The zero-order valence-corrected chi connectivity index (χ0v) is 50.3. The van der Waals surface area contributed by atoms with E-state index in [0.29, 0.717) is 37.5 Å². The molecule has 0 saturated carbocycles. The molecule has 2 saturated heterocycles. The monoisotopic (exact) mass is 1070 g/mol. The van der Waals surface area contributed by atoms with Crippen LogP contribution >= 0.6 is 0 Å². The number of hydrogen-bond acceptors (Lipinski definition) is 11. The van der Waals surface area contributed by atoms with Gasteiger partial charge in [-0.05, 0) is 100 Å². The Morgan fingerprint density at radius 1 is 0.592 bits per heavy atom. The van der Waals surface area contributed by atoms with Crippen LogP contribution in [0.15, 0.2) is 0 Å². The van der Waals surface area contributed by atoms with Crippen molar-refractivity contribution in [2.75, 3.05) is 41.3 Å². The SMILES string of the molecule is CC[C@H](C)C[C@H](C)C[C@H](C)C[C@@H]1NC(=O)[C@H](C(C)C)N(C)C(=O)C([C@H](C)CC)OC(=O)[C@H](C(C)(C)O)N(C)C(=O)[C@H](CC(C)C)NC(=O)[C@H](C(C)C)N(C)C(=O)[C@H]([C@H](C)CC)NC(=O)[C@@H]2CCCN2C(=O)CN(C)C1=O. The van der Waals surface area contributed by atoms with Crippen molar-refractivity contribution in [3.05, 3.63) is 0 Å². The van der Waals surface area contributed by atoms with E-state index in [4.69, 9.17) is 4.74 Å². The molecule has 2 rings (SSSR count). The summed E-state index contributed by atoms with van der Waals surface area (Å²) in [7, 11) is 5.68. The van der Waals surface area contributed by atoms with Gasteiger partial charge in [0.2, 0.25) is 41.4 Å². The summed E-state index contributed by atoms with van der Waals surface area (Å²) in [5.74, 6) is -7.48. The Bertz CT molecular complexity index is 1990. The summed E-state index contributed by atoms with van der Waals surface area (Å²) in [6.45, 7) is 28.9. The first-order valence-electron chi connectivity index (χ1n) is 28.3. The first kappa shape index (κ1) is 67.3. The van der Waals surface area contributed by atoms with Crippen molar-refractivity contribution in [3.8, 4) is 0 Å². The van der Waals surface area contributed by atoms with Crippen molar-refractivity contribution in [2.45, 2.75) is 223 Å². The lowest BCUT2D eigenvalue weighted by atomic mass is 9.86. The number of carbonyl (C=O) groups is 9. The molecule has 0 bridgehead atoms. The summed E-state index contributed by atoms with van der Waals surface area (Å²) < 4.78 is 6.08. The van der Waals surface area contributed by atoms with Crippen molar-refractivity contribution in [1.82, 2.24) is 40.4 Å². The number of nitrogens with zero attached hydrogens (tertiary/aromatic N) is 5. The molecule has 2 fully saturated rings. The number of esters is 1. The highest BCUT2D eigenvalue weighted by Gasteiger charge is 2.47. The summed E-state index contributed by atoms with van der Waals surface area (Å²) in [6, 6.07) is -8.48. The van der Waals surface area contributed by atoms with Crippen LogP contribution in [0, 0.1) is 47.3 Å². The zero-order valence-electron chi connectivity index (χ0n) is 50.3. The molecule has 19 nitrogen and oxygen atoms in total. The topological polar surface area (TPSA) is 235 Å². The summed E-state index contributed by atoms with van der Waals surface area (Å²) in [5, 5.41) is 20.4. The van der Waals surface area contributed by atoms with Crippen molar-refractivity contribution in [2.24, 2.45) is 47.3 Å². The predicted octanol–water partition coefficient (Wildman–Crippen LogP) is 5.01. The Hall–Kier alpha value is -4.81. The summed E-state index contributed by atoms with van der Waals surface area (Å²) in [5.41, 5.74) is -1.95. The number of ether oxygens (including phenoxy) is 1. The van der Waals surface area contributed by atoms with Crippen molar-refractivity contribution < 1.29 is 53.0 Å². The minimum atomic E-state index is -1.95. The number of cyclic esters (lactones) is 1. The number of amides is 8. The van der Waals surface area contributed by atoms with Gasteiger partial charge in [-0.3, -0.25) is 38.4 Å². The maximum atomic E-state index is 14.8. The third-order valence-corrected chi connectivity index (χ3v) is 15.9. The molecule has 0 aromatic rings. The molecule has 0 aromatic carbocycles. The Kier molecular flexibility index (Phi) is 26.4. The normalized spacial score (nSPS) is 27.5. The van der Waals surface area contributed by atoms with Crippen LogP contribution < -0.4 is 16.0 Å². The Morgan fingerprint density at radius 3 is 1.57 bits per heavy atom. The molecule has 2 aliphatic rings. The fourth-order valence-electron chi connectivity index (χ4n) is 11.1. The molecule has 0 radical (unpaired) electrons. The second kappa shape index (κ2) is 29.8. The summed E-state index contributed by atoms with van der Waals surface area (Å²) in [4.78, 5) is 138. The first-order chi connectivity index (χ1) is 35.2. The zero-order chi connectivity index (χ0) is 58.4. The molecule has 436 valence electrons. The third-order valence-electron chi connectivity index (χ3n) is 15.9. The molecule has 2 heterocycles. The number of likely N-dealkylation sites (N-methyl/N-ethyl adjacent to an activating group) is 4. The van der Waals surface area contributed by atoms with E-state index < -0.39 is 137 Å². The molecule has 0 spiro atoms. The van der Waals surface area contributed by atoms with Gasteiger partial charge in [-0.2, -0.15) is 0 Å². The average Bonchev–Trinajstić information content (AvgIpc) is 3.82. The minimum absolute atomic E-state index is 0.0564. The second-order valence-corrected chi connectivity index (χ2v) is 24.5. The standard InChI is InChI=1S/C57H102N8O11/c1-21-35(10)28-36(11)29-37(12)30-41-52(70)61(17)31-43(66)65-26-24-25-42(65)49(67)60-44(38(13)22-2)54(72)62(18)45(33(6)7)50(68)58-40(27-32(4)5)53(71)64(20)48(57(15,16)75)56(74)76-47(39(14)23-3)55(73)63(19)46(34(8)9)51(69)59-41/h32-42,44-48,75H,21-31H2,1-20H3,(H,58,68)(H,59,69)(H,60,67)/t35-,36-,37-,38+,39+,40-,41-,42-,44-,45-,46-,47?,48+/m0/s1. The van der Waals surface area contributed by atoms with E-state index >= 15 is 0 Å². The molecule has 8 amide bonds. The first-order valence-corrected chi connectivity index (χ1v) is 28.3. The largest absolute Gasteiger partial charge is 0.450 e. The number of rotatable bonds is 16. The average molecular weight is 1080 g/mol. The van der Waals surface area contributed by atoms with E-state index in [1.54, 1.807) is 41.5 Å². The fraction of sp³-hybridized carbons (Fsp3) is 0.842. The van der Waals surface area contributed by atoms with E-state index in [-0.39, 0.29) is 31.2 Å². The van der Waals surface area contributed by atoms with Crippen molar-refractivity contribution in [1.29, 1.82) is 0 Å². The highest BCUT2D eigenvalue weighted by molar-refractivity contribution is 5.98. The third kappa shape index (κ3) is 18.1. The van der Waals surface area contributed by atoms with Gasteiger partial charge in [0.15, 0.2) is 12.1 Å². The van der Waals surface area contributed by atoms with Gasteiger partial charge in [-0.25, -0.2) is 4.79 Å². The smallest absolute Gasteiger partial charge is 0.332 e. The van der Waals surface area contributed by atoms with Gasteiger partial charge in [0, 0.05) is 40.7 Å². The van der Waals surface area contributed by atoms with Crippen LogP contribution in [0.5, 0.6) is 0 Å². The highest BCUT2D eigenvalue weighted by Crippen LogP contribution is 2.28. The number of hydrogen-bond donors (Lipinski definition) is 4. The Morgan fingerprint density at radius 2 is 1.09 bits per heavy atom. The highest BCUT2D eigenvalue weighted by atomic mass is 16.6. The van der Waals surface area contributed by atoms with Crippen LogP contribution in [0.1, 0.15) is 169 Å². The van der Waals surface area contributed by atoms with Crippen LogP contribution in [-0.2, 0) is 47.9 Å². The number of carbonyl (C=O) groups excluding carboxylic acids is 9. The van der Waals surface area contributed by atoms with Gasteiger partial charge in [-0.1, -0.05) is 110 Å². The minimum Gasteiger partial charge on any atom is -0.450 e. The van der Waals surface area contributed by atoms with Gasteiger partial charge < -0.3 is 50.3 Å². The molecule has 2 aliphatic heterocycles. The molecule has 1 unspecified atom stereocenters. The molecule has 19 heteroatoms. The van der Waals surface area contributed by atoms with Crippen molar-refractivity contribution in [3.63, 3.8) is 0 Å². The molecule has 76 heavy (non-hydrogen) atoms. The maximum absolute atomic E-state index is 14.8. The summed E-state index contributed by atoms with van der Waals surface area (Å²) in [6.07, 6.45) is 3.22. The van der Waals surface area contributed by atoms with Gasteiger partial charge in [0.05, 0.1) is 12.1 Å². The van der Waals surface area contributed by atoms with E-state index in [1.165, 1.54) is 61.6 Å². The van der Waals surface area contributed by atoms with Crippen LogP contribution in [0.4, 0.5) is 0 Å². The van der Waals surface area contributed by atoms with E-state index in [0.717, 1.165) is 24.2 Å². The van der Waals surface area contributed by atoms with Crippen LogP contribution in [0.3, 0.4) is 0 Å². The Balaban J connectivity index is 2.94. The lowest BCUT2D eigenvalue weighted by Gasteiger charge is -2.39. The van der Waals surface area contributed by atoms with Gasteiger partial charge in [0.25, 0.3) is 5.91 Å². The van der Waals surface area contributed by atoms with Crippen LogP contribution in [0.2, 0.25) is 0 Å². The lowest BCUT2D eigenvalue weighted by Crippen LogP contribution is -2.63. The van der Waals surface area contributed by atoms with E-state index in [9.17, 15) is 48.3 Å². The molecule has 4 N–H and O–H groups in total. The lowest BCUT2D eigenvalue weighted by molar-refractivity contribution is -0.177. The number of aliphatic hydroxyl groups is 1. The maximum Gasteiger partial charge on any atom is 0.332 e. The second-order valence-electron chi connectivity index (χ2n) is 24.5.